The van der Waals surface area contributed by atoms with E-state index in [0.717, 1.165) is 0 Å². The highest BCUT2D eigenvalue weighted by Gasteiger charge is 2.30. The van der Waals surface area contributed by atoms with Crippen LogP contribution in [0.2, 0.25) is 0 Å². The van der Waals surface area contributed by atoms with Gasteiger partial charge in [0.05, 0.1) is 0 Å². The second kappa shape index (κ2) is 5.35. The first-order valence-corrected chi connectivity index (χ1v) is 5.71. The molecule has 0 saturated carbocycles. The molecule has 2 aromatic carbocycles. The Balaban J connectivity index is 2.45. The van der Waals surface area contributed by atoms with E-state index >= 15 is 0 Å². The van der Waals surface area contributed by atoms with E-state index < -0.39 is 17.7 Å². The zero-order valence-corrected chi connectivity index (χ0v) is 9.98. The van der Waals surface area contributed by atoms with Crippen LogP contribution in [-0.4, -0.2) is 22.0 Å². The third-order valence-corrected chi connectivity index (χ3v) is 2.82. The van der Waals surface area contributed by atoms with Crippen LogP contribution >= 0.6 is 0 Å². The summed E-state index contributed by atoms with van der Waals surface area (Å²) in [7, 11) is 0. The second-order valence-electron chi connectivity index (χ2n) is 4.06. The van der Waals surface area contributed by atoms with Crippen molar-refractivity contribution in [1.82, 2.24) is 0 Å². The molecule has 0 saturated heterocycles. The molecule has 1 atom stereocenters. The molecular weight excluding hydrogens is 244 g/mol. The Labute approximate surface area is 109 Å². The van der Waals surface area contributed by atoms with Gasteiger partial charge in [0, 0.05) is 11.1 Å². The van der Waals surface area contributed by atoms with Gasteiger partial charge in [0.15, 0.2) is 5.78 Å². The van der Waals surface area contributed by atoms with Crippen molar-refractivity contribution in [2.24, 2.45) is 0 Å². The van der Waals surface area contributed by atoms with E-state index in [4.69, 9.17) is 0 Å². The summed E-state index contributed by atoms with van der Waals surface area (Å²) in [6.07, 6.45) is 0. The van der Waals surface area contributed by atoms with Gasteiger partial charge in [-0.05, 0) is 6.07 Å². The maximum absolute atomic E-state index is 12.2. The topological polar surface area (TPSA) is 74.6 Å². The fraction of sp³-hybridized carbons (Fsp3) is 0.0667. The minimum Gasteiger partial charge on any atom is -0.508 e. The predicted molar refractivity (Wildman–Crippen MR) is 69.3 cm³/mol. The maximum atomic E-state index is 12.2. The third kappa shape index (κ3) is 2.63. The number of carbonyl (C=O) groups is 2. The zero-order chi connectivity index (χ0) is 13.8. The molecule has 0 aliphatic heterocycles. The molecule has 19 heavy (non-hydrogen) atoms. The molecule has 0 heterocycles. The number of carbonyl (C=O) groups excluding carboxylic acids is 1. The monoisotopic (exact) mass is 256 g/mol. The lowest BCUT2D eigenvalue weighted by molar-refractivity contribution is -0.137. The molecule has 4 nitrogen and oxygen atoms in total. The molecule has 0 aliphatic carbocycles. The lowest BCUT2D eigenvalue weighted by Crippen LogP contribution is -2.21. The summed E-state index contributed by atoms with van der Waals surface area (Å²) in [5.74, 6) is -3.42. The number of aromatic hydroxyl groups is 1. The van der Waals surface area contributed by atoms with Crippen LogP contribution in [0.25, 0.3) is 0 Å². The number of phenolic OH excluding ortho intramolecular Hbond substituents is 1. The number of hydrogen-bond donors (Lipinski definition) is 2. The number of para-hydroxylation sites is 1. The van der Waals surface area contributed by atoms with E-state index in [9.17, 15) is 19.8 Å². The van der Waals surface area contributed by atoms with Crippen LogP contribution in [0.1, 0.15) is 21.8 Å². The van der Waals surface area contributed by atoms with Crippen LogP contribution < -0.4 is 0 Å². The number of ketones is 1. The molecule has 96 valence electrons. The molecule has 0 amide bonds. The van der Waals surface area contributed by atoms with Gasteiger partial charge in [-0.2, -0.15) is 0 Å². The summed E-state index contributed by atoms with van der Waals surface area (Å²) in [6, 6.07) is 14.1. The van der Waals surface area contributed by atoms with Gasteiger partial charge in [-0.25, -0.2) is 0 Å². The molecular formula is C15H12O4. The number of Topliss-reactive ketones (excluding diaryl/α,β-unsaturated/α-hetero) is 1. The molecule has 0 bridgehead atoms. The number of carboxylic acid groups (broad SMARTS) is 1. The molecule has 2 N–H and O–H groups in total. The number of rotatable bonds is 4. The van der Waals surface area contributed by atoms with Crippen molar-refractivity contribution in [3.05, 3.63) is 65.7 Å². The molecule has 0 radical (unpaired) electrons. The van der Waals surface area contributed by atoms with Gasteiger partial charge in [0.25, 0.3) is 0 Å². The van der Waals surface area contributed by atoms with Gasteiger partial charge in [-0.3, -0.25) is 9.59 Å². The van der Waals surface area contributed by atoms with E-state index in [-0.39, 0.29) is 11.3 Å². The van der Waals surface area contributed by atoms with Crippen molar-refractivity contribution in [1.29, 1.82) is 0 Å². The van der Waals surface area contributed by atoms with Crippen LogP contribution in [0.5, 0.6) is 5.75 Å². The fourth-order valence-corrected chi connectivity index (χ4v) is 1.89. The molecule has 0 fully saturated rings. The SMILES string of the molecule is O=C(O)C(C(=O)c1ccccc1)c1ccccc1O. The van der Waals surface area contributed by atoms with Crippen LogP contribution in [0.3, 0.4) is 0 Å². The number of carboxylic acids is 1. The van der Waals surface area contributed by atoms with E-state index in [1.54, 1.807) is 42.5 Å². The van der Waals surface area contributed by atoms with E-state index in [0.29, 0.717) is 5.56 Å². The molecule has 1 unspecified atom stereocenters. The van der Waals surface area contributed by atoms with Crippen LogP contribution in [0, 0.1) is 0 Å². The summed E-state index contributed by atoms with van der Waals surface area (Å²) in [5, 5.41) is 19.0. The van der Waals surface area contributed by atoms with E-state index in [1.807, 2.05) is 0 Å². The largest absolute Gasteiger partial charge is 0.508 e. The predicted octanol–water partition coefficient (Wildman–Crippen LogP) is 2.44. The first-order chi connectivity index (χ1) is 9.11. The van der Waals surface area contributed by atoms with Crippen molar-refractivity contribution < 1.29 is 19.8 Å². The Morgan fingerprint density at radius 3 is 2.05 bits per heavy atom. The smallest absolute Gasteiger partial charge is 0.319 e. The van der Waals surface area contributed by atoms with E-state index in [1.165, 1.54) is 12.1 Å². The molecule has 0 aliphatic rings. The summed E-state index contributed by atoms with van der Waals surface area (Å²) < 4.78 is 0. The summed E-state index contributed by atoms with van der Waals surface area (Å²) in [6.45, 7) is 0. The van der Waals surface area contributed by atoms with Gasteiger partial charge in [-0.1, -0.05) is 48.5 Å². The first kappa shape index (κ1) is 12.8. The normalized spacial score (nSPS) is 11.8. The van der Waals surface area contributed by atoms with E-state index in [2.05, 4.69) is 0 Å². The number of phenols is 1. The highest BCUT2D eigenvalue weighted by molar-refractivity contribution is 6.12. The minimum absolute atomic E-state index is 0.101. The number of aliphatic carboxylic acids is 1. The highest BCUT2D eigenvalue weighted by Crippen LogP contribution is 2.28. The van der Waals surface area contributed by atoms with Crippen molar-refractivity contribution >= 4 is 11.8 Å². The van der Waals surface area contributed by atoms with Gasteiger partial charge in [-0.15, -0.1) is 0 Å². The van der Waals surface area contributed by atoms with Crippen molar-refractivity contribution in [2.45, 2.75) is 5.92 Å². The zero-order valence-electron chi connectivity index (χ0n) is 9.98. The first-order valence-electron chi connectivity index (χ1n) is 5.71. The van der Waals surface area contributed by atoms with Gasteiger partial charge < -0.3 is 10.2 Å². The summed E-state index contributed by atoms with van der Waals surface area (Å²) in [5.41, 5.74) is 0.405. The van der Waals surface area contributed by atoms with Crippen molar-refractivity contribution in [3.8, 4) is 5.75 Å². The number of benzene rings is 2. The Hall–Kier alpha value is -2.62. The average Bonchev–Trinajstić information content (AvgIpc) is 2.42. The summed E-state index contributed by atoms with van der Waals surface area (Å²) >= 11 is 0. The minimum atomic E-state index is -1.40. The molecule has 0 spiro atoms. The average molecular weight is 256 g/mol. The quantitative estimate of drug-likeness (QED) is 0.650. The Morgan fingerprint density at radius 2 is 1.47 bits per heavy atom. The third-order valence-electron chi connectivity index (χ3n) is 2.82. The fourth-order valence-electron chi connectivity index (χ4n) is 1.89. The Bertz CT molecular complexity index is 605. The van der Waals surface area contributed by atoms with Gasteiger partial charge in [0.1, 0.15) is 11.7 Å². The van der Waals surface area contributed by atoms with Crippen molar-refractivity contribution in [2.75, 3.05) is 0 Å². The lowest BCUT2D eigenvalue weighted by atomic mass is 9.90. The van der Waals surface area contributed by atoms with Gasteiger partial charge in [0.2, 0.25) is 0 Å². The van der Waals surface area contributed by atoms with Crippen LogP contribution in [0.15, 0.2) is 54.6 Å². The summed E-state index contributed by atoms with van der Waals surface area (Å²) in [4.78, 5) is 23.6. The molecule has 4 heteroatoms. The van der Waals surface area contributed by atoms with Crippen LogP contribution in [-0.2, 0) is 4.79 Å². The number of hydrogen-bond acceptors (Lipinski definition) is 3. The lowest BCUT2D eigenvalue weighted by Gasteiger charge is -2.13. The van der Waals surface area contributed by atoms with Crippen LogP contribution in [0.4, 0.5) is 0 Å². The standard InChI is InChI=1S/C15H12O4/c16-12-9-5-4-8-11(12)13(15(18)19)14(17)10-6-2-1-3-7-10/h1-9,13,16H,(H,18,19). The van der Waals surface area contributed by atoms with Crippen molar-refractivity contribution in [3.63, 3.8) is 0 Å². The maximum Gasteiger partial charge on any atom is 0.319 e. The molecule has 0 aromatic heterocycles. The molecule has 2 rings (SSSR count). The molecule has 2 aromatic rings. The Morgan fingerprint density at radius 1 is 0.895 bits per heavy atom. The van der Waals surface area contributed by atoms with Gasteiger partial charge >= 0.3 is 5.97 Å². The highest BCUT2D eigenvalue weighted by atomic mass is 16.4. The second-order valence-corrected chi connectivity index (χ2v) is 4.06. The Kier molecular flexibility index (Phi) is 3.61.